The number of rotatable bonds is 4. The highest BCUT2D eigenvalue weighted by molar-refractivity contribution is 6.02. The maximum Gasteiger partial charge on any atom is 0.291 e. The maximum absolute atomic E-state index is 12.0. The summed E-state index contributed by atoms with van der Waals surface area (Å²) in [4.78, 5) is 14.1. The van der Waals surface area contributed by atoms with Crippen LogP contribution in [-0.4, -0.2) is 42.4 Å². The van der Waals surface area contributed by atoms with Crippen LogP contribution in [0.25, 0.3) is 11.3 Å². The Bertz CT molecular complexity index is 855. The summed E-state index contributed by atoms with van der Waals surface area (Å²) in [5, 5.41) is 11.4. The van der Waals surface area contributed by atoms with Gasteiger partial charge in [-0.2, -0.15) is 0 Å². The summed E-state index contributed by atoms with van der Waals surface area (Å²) < 4.78 is 10.4. The van der Waals surface area contributed by atoms with Crippen molar-refractivity contribution in [2.75, 3.05) is 36.5 Å². The molecule has 132 valence electrons. The summed E-state index contributed by atoms with van der Waals surface area (Å²) in [6, 6.07) is 14.7. The molecule has 0 radical (unpaired) electrons. The number of anilines is 2. The van der Waals surface area contributed by atoms with Gasteiger partial charge in [-0.1, -0.05) is 12.1 Å². The Balaban J connectivity index is 1.44. The van der Waals surface area contributed by atoms with Gasteiger partial charge in [-0.15, -0.1) is 10.2 Å². The highest BCUT2D eigenvalue weighted by Crippen LogP contribution is 2.21. The van der Waals surface area contributed by atoms with Crippen molar-refractivity contribution < 1.29 is 13.9 Å². The highest BCUT2D eigenvalue weighted by Gasteiger charge is 2.13. The Morgan fingerprint density at radius 1 is 1.00 bits per heavy atom. The van der Waals surface area contributed by atoms with E-state index in [1.54, 1.807) is 12.1 Å². The van der Waals surface area contributed by atoms with Crippen molar-refractivity contribution in [3.63, 3.8) is 0 Å². The fourth-order valence-electron chi connectivity index (χ4n) is 2.77. The van der Waals surface area contributed by atoms with Crippen LogP contribution in [0.2, 0.25) is 0 Å². The van der Waals surface area contributed by atoms with Crippen molar-refractivity contribution in [3.8, 4) is 11.3 Å². The third kappa shape index (κ3) is 3.57. The summed E-state index contributed by atoms with van der Waals surface area (Å²) in [7, 11) is 0. The number of morpholine rings is 1. The molecule has 2 aromatic heterocycles. The van der Waals surface area contributed by atoms with Gasteiger partial charge in [0.1, 0.15) is 0 Å². The second-order valence-corrected chi connectivity index (χ2v) is 5.88. The molecule has 1 aromatic carbocycles. The smallest absolute Gasteiger partial charge is 0.291 e. The van der Waals surface area contributed by atoms with Crippen molar-refractivity contribution in [1.29, 1.82) is 0 Å². The Hall–Kier alpha value is -3.19. The first-order valence-corrected chi connectivity index (χ1v) is 8.41. The number of benzene rings is 1. The topological polar surface area (TPSA) is 80.5 Å². The van der Waals surface area contributed by atoms with Crippen molar-refractivity contribution in [2.45, 2.75) is 0 Å². The summed E-state index contributed by atoms with van der Waals surface area (Å²) in [6.07, 6.45) is 1.47. The molecule has 3 aromatic rings. The number of hydrogen-bond acceptors (Lipinski definition) is 6. The molecular weight excluding hydrogens is 332 g/mol. The largest absolute Gasteiger partial charge is 0.459 e. The molecule has 0 saturated carbocycles. The molecule has 0 atom stereocenters. The number of amides is 1. The number of furan rings is 1. The minimum absolute atomic E-state index is 0.277. The van der Waals surface area contributed by atoms with Crippen molar-refractivity contribution >= 4 is 17.4 Å². The minimum atomic E-state index is -0.280. The van der Waals surface area contributed by atoms with E-state index in [0.29, 0.717) is 18.9 Å². The molecule has 26 heavy (non-hydrogen) atoms. The Morgan fingerprint density at radius 3 is 2.46 bits per heavy atom. The van der Waals surface area contributed by atoms with Gasteiger partial charge in [0, 0.05) is 24.3 Å². The molecule has 1 aliphatic rings. The standard InChI is InChI=1S/C19H18N4O3/c24-19(17-2-1-11-26-17)20-15-5-3-14(4-6-15)16-7-8-18(22-21-16)23-9-12-25-13-10-23/h1-8,11H,9-10,12-13H2,(H,20,24). The van der Waals surface area contributed by atoms with Gasteiger partial charge in [-0.3, -0.25) is 4.79 Å². The molecule has 0 bridgehead atoms. The molecule has 4 rings (SSSR count). The average molecular weight is 350 g/mol. The predicted molar refractivity (Wildman–Crippen MR) is 97.2 cm³/mol. The monoisotopic (exact) mass is 350 g/mol. The molecule has 0 spiro atoms. The molecule has 1 amide bonds. The Kier molecular flexibility index (Phi) is 4.61. The van der Waals surface area contributed by atoms with Crippen LogP contribution >= 0.6 is 0 Å². The van der Waals surface area contributed by atoms with Crippen molar-refractivity contribution in [2.24, 2.45) is 0 Å². The first-order valence-electron chi connectivity index (χ1n) is 8.41. The molecule has 7 nitrogen and oxygen atoms in total. The average Bonchev–Trinajstić information content (AvgIpc) is 3.25. The zero-order chi connectivity index (χ0) is 17.8. The summed E-state index contributed by atoms with van der Waals surface area (Å²) in [5.41, 5.74) is 2.40. The van der Waals surface area contributed by atoms with Gasteiger partial charge in [0.2, 0.25) is 0 Å². The van der Waals surface area contributed by atoms with E-state index >= 15 is 0 Å². The van der Waals surface area contributed by atoms with Crippen LogP contribution < -0.4 is 10.2 Å². The molecule has 0 aliphatic carbocycles. The van der Waals surface area contributed by atoms with Gasteiger partial charge in [0.05, 0.1) is 25.2 Å². The second-order valence-electron chi connectivity index (χ2n) is 5.88. The molecule has 3 heterocycles. The fraction of sp³-hybridized carbons (Fsp3) is 0.211. The van der Waals surface area contributed by atoms with E-state index in [4.69, 9.17) is 9.15 Å². The summed E-state index contributed by atoms with van der Waals surface area (Å²) in [6.45, 7) is 3.10. The Labute approximate surface area is 150 Å². The van der Waals surface area contributed by atoms with E-state index in [-0.39, 0.29) is 11.7 Å². The summed E-state index contributed by atoms with van der Waals surface area (Å²) >= 11 is 0. The van der Waals surface area contributed by atoms with Gasteiger partial charge in [0.15, 0.2) is 11.6 Å². The zero-order valence-electron chi connectivity index (χ0n) is 14.1. The van der Waals surface area contributed by atoms with Crippen LogP contribution in [0.5, 0.6) is 0 Å². The first-order chi connectivity index (χ1) is 12.8. The van der Waals surface area contributed by atoms with Gasteiger partial charge in [-0.05, 0) is 36.4 Å². The lowest BCUT2D eigenvalue weighted by molar-refractivity contribution is 0.0996. The number of ether oxygens (including phenoxy) is 1. The number of hydrogen-bond donors (Lipinski definition) is 1. The number of nitrogens with one attached hydrogen (secondary N) is 1. The Morgan fingerprint density at radius 2 is 1.81 bits per heavy atom. The molecule has 1 N–H and O–H groups in total. The normalized spacial score (nSPS) is 14.2. The molecule has 0 unspecified atom stereocenters. The molecule has 7 heteroatoms. The number of carbonyl (C=O) groups is 1. The van der Waals surface area contributed by atoms with Gasteiger partial charge >= 0.3 is 0 Å². The SMILES string of the molecule is O=C(Nc1ccc(-c2ccc(N3CCOCC3)nn2)cc1)c1ccco1. The lowest BCUT2D eigenvalue weighted by Crippen LogP contribution is -2.36. The number of nitrogens with zero attached hydrogens (tertiary/aromatic N) is 3. The third-order valence-electron chi connectivity index (χ3n) is 4.17. The van der Waals surface area contributed by atoms with Crippen LogP contribution in [-0.2, 0) is 4.74 Å². The second kappa shape index (κ2) is 7.37. The van der Waals surface area contributed by atoms with Gasteiger partial charge < -0.3 is 19.4 Å². The van der Waals surface area contributed by atoms with Crippen LogP contribution in [0.15, 0.2) is 59.2 Å². The number of aromatic nitrogens is 2. The van der Waals surface area contributed by atoms with Gasteiger partial charge in [-0.25, -0.2) is 0 Å². The molecule has 1 aliphatic heterocycles. The van der Waals surface area contributed by atoms with E-state index < -0.39 is 0 Å². The van der Waals surface area contributed by atoms with E-state index in [0.717, 1.165) is 30.2 Å². The van der Waals surface area contributed by atoms with Crippen molar-refractivity contribution in [1.82, 2.24) is 10.2 Å². The predicted octanol–water partition coefficient (Wildman–Crippen LogP) is 2.83. The molecular formula is C19H18N4O3. The zero-order valence-corrected chi connectivity index (χ0v) is 14.1. The first kappa shape index (κ1) is 16.3. The molecule has 1 saturated heterocycles. The summed E-state index contributed by atoms with van der Waals surface area (Å²) in [5.74, 6) is 0.857. The van der Waals surface area contributed by atoms with E-state index in [1.165, 1.54) is 6.26 Å². The van der Waals surface area contributed by atoms with Crippen LogP contribution in [0.1, 0.15) is 10.6 Å². The maximum atomic E-state index is 12.0. The third-order valence-corrected chi connectivity index (χ3v) is 4.17. The van der Waals surface area contributed by atoms with E-state index in [2.05, 4.69) is 20.4 Å². The molecule has 1 fully saturated rings. The van der Waals surface area contributed by atoms with Crippen molar-refractivity contribution in [3.05, 3.63) is 60.6 Å². The number of carbonyl (C=O) groups excluding carboxylic acids is 1. The quantitative estimate of drug-likeness (QED) is 0.779. The fourth-order valence-corrected chi connectivity index (χ4v) is 2.77. The van der Waals surface area contributed by atoms with Crippen LogP contribution in [0.4, 0.5) is 11.5 Å². The minimum Gasteiger partial charge on any atom is -0.459 e. The lowest BCUT2D eigenvalue weighted by atomic mass is 10.1. The van der Waals surface area contributed by atoms with E-state index in [1.807, 2.05) is 36.4 Å². The lowest BCUT2D eigenvalue weighted by Gasteiger charge is -2.27. The van der Waals surface area contributed by atoms with Crippen LogP contribution in [0, 0.1) is 0 Å². The van der Waals surface area contributed by atoms with E-state index in [9.17, 15) is 4.79 Å². The highest BCUT2D eigenvalue weighted by atomic mass is 16.5. The van der Waals surface area contributed by atoms with Gasteiger partial charge in [0.25, 0.3) is 5.91 Å². The van der Waals surface area contributed by atoms with Crippen LogP contribution in [0.3, 0.4) is 0 Å².